The Balaban J connectivity index is 1.23. The van der Waals surface area contributed by atoms with Crippen molar-refractivity contribution in [3.05, 3.63) is 28.0 Å². The second-order valence-corrected chi connectivity index (χ2v) is 13.1. The number of aryl methyl sites for hydroxylation is 1. The Bertz CT molecular complexity index is 1440. The van der Waals surface area contributed by atoms with Gasteiger partial charge in [0, 0.05) is 29.6 Å². The maximum absolute atomic E-state index is 9.87. The fraction of sp³-hybridized carbons (Fsp3) is 0.621. The van der Waals surface area contributed by atoms with Crippen LogP contribution in [-0.4, -0.2) is 63.3 Å². The van der Waals surface area contributed by atoms with Crippen LogP contribution in [0.25, 0.3) is 11.5 Å². The number of ether oxygens (including phenoxy) is 1. The molecule has 4 aliphatic rings. The maximum atomic E-state index is 9.87. The molecule has 0 bridgehead atoms. The molecule has 2 N–H and O–H groups in total. The molecule has 3 aromatic heterocycles. The van der Waals surface area contributed by atoms with E-state index < -0.39 is 5.41 Å². The van der Waals surface area contributed by atoms with Crippen molar-refractivity contribution in [2.24, 2.45) is 0 Å². The maximum Gasteiger partial charge on any atom is 0.319 e. The van der Waals surface area contributed by atoms with Gasteiger partial charge in [0.05, 0.1) is 16.5 Å². The van der Waals surface area contributed by atoms with Crippen LogP contribution in [0.1, 0.15) is 86.6 Å². The molecule has 1 aliphatic carbocycles. The van der Waals surface area contributed by atoms with Gasteiger partial charge in [-0.25, -0.2) is 0 Å². The number of piperidine rings is 1. The molecule has 1 atom stereocenters. The SMILES string of the molecule is CC1(c2nc(-c3cc(N4CCCCC4)nc(OCC45CCCN4CCC5)n3)no2)CCCc2sc(N)c(C#N)c21. The Morgan fingerprint density at radius 2 is 1.85 bits per heavy atom. The fourth-order valence-corrected chi connectivity index (χ4v) is 8.59. The van der Waals surface area contributed by atoms with Crippen LogP contribution in [0, 0.1) is 11.3 Å². The topological polar surface area (TPSA) is 130 Å². The standard InChI is InChI=1S/C29H36N8O2S/c1-28(9-5-8-21-23(28)19(17-30)24(31)40-21)26-34-25(35-39-26)20-16-22(36-12-3-2-4-13-36)33-27(32-20)38-18-29-10-6-14-37(29)15-7-11-29/h16H,2-15,18,31H2,1H3. The highest BCUT2D eigenvalue weighted by atomic mass is 32.1. The van der Waals surface area contributed by atoms with Crippen LogP contribution >= 0.6 is 11.3 Å². The highest BCUT2D eigenvalue weighted by Gasteiger charge is 2.45. The van der Waals surface area contributed by atoms with Crippen molar-refractivity contribution in [2.45, 2.75) is 82.1 Å². The molecule has 3 aliphatic heterocycles. The number of nitrogens with two attached hydrogens (primary N) is 1. The number of nitrogens with zero attached hydrogens (tertiary/aromatic N) is 7. The van der Waals surface area contributed by atoms with Crippen LogP contribution in [0.3, 0.4) is 0 Å². The molecule has 0 aromatic carbocycles. The number of thiophene rings is 1. The smallest absolute Gasteiger partial charge is 0.319 e. The summed E-state index contributed by atoms with van der Waals surface area (Å²) in [4.78, 5) is 20.6. The number of anilines is 2. The number of fused-ring (bicyclic) bond motifs is 2. The molecule has 0 amide bonds. The normalized spacial score (nSPS) is 24.1. The average molecular weight is 561 g/mol. The summed E-state index contributed by atoms with van der Waals surface area (Å²) in [5.41, 5.74) is 7.84. The zero-order valence-corrected chi connectivity index (χ0v) is 23.9. The molecular weight excluding hydrogens is 524 g/mol. The van der Waals surface area contributed by atoms with Crippen molar-refractivity contribution in [3.8, 4) is 23.6 Å². The van der Waals surface area contributed by atoms with Gasteiger partial charge in [-0.3, -0.25) is 4.90 Å². The predicted molar refractivity (Wildman–Crippen MR) is 152 cm³/mol. The second kappa shape index (κ2) is 10.00. The quantitative estimate of drug-likeness (QED) is 0.453. The van der Waals surface area contributed by atoms with Crippen molar-refractivity contribution in [2.75, 3.05) is 43.4 Å². The fourth-order valence-electron chi connectivity index (χ4n) is 7.40. The molecule has 7 rings (SSSR count). The first-order chi connectivity index (χ1) is 19.5. The summed E-state index contributed by atoms with van der Waals surface area (Å²) in [6, 6.07) is 4.65. The highest BCUT2D eigenvalue weighted by Crippen LogP contribution is 2.48. The largest absolute Gasteiger partial charge is 0.461 e. The van der Waals surface area contributed by atoms with E-state index in [9.17, 15) is 5.26 Å². The van der Waals surface area contributed by atoms with Gasteiger partial charge in [0.2, 0.25) is 11.7 Å². The van der Waals surface area contributed by atoms with E-state index in [1.807, 2.05) is 6.07 Å². The molecule has 3 saturated heterocycles. The summed E-state index contributed by atoms with van der Waals surface area (Å²) in [7, 11) is 0. The van der Waals surface area contributed by atoms with Gasteiger partial charge >= 0.3 is 6.01 Å². The van der Waals surface area contributed by atoms with Crippen molar-refractivity contribution >= 4 is 22.2 Å². The number of hydrogen-bond acceptors (Lipinski definition) is 11. The van der Waals surface area contributed by atoms with Gasteiger partial charge in [-0.1, -0.05) is 5.16 Å². The van der Waals surface area contributed by atoms with E-state index in [1.165, 1.54) is 30.6 Å². The number of rotatable bonds is 6. The Hall–Kier alpha value is -3.23. The van der Waals surface area contributed by atoms with E-state index in [4.69, 9.17) is 29.9 Å². The molecule has 1 unspecified atom stereocenters. The third-order valence-corrected chi connectivity index (χ3v) is 10.6. The predicted octanol–water partition coefficient (Wildman–Crippen LogP) is 4.68. The van der Waals surface area contributed by atoms with E-state index in [1.54, 1.807) is 0 Å². The molecule has 210 valence electrons. The summed E-state index contributed by atoms with van der Waals surface area (Å²) < 4.78 is 12.3. The van der Waals surface area contributed by atoms with Crippen molar-refractivity contribution in [1.82, 2.24) is 25.0 Å². The molecule has 3 aromatic rings. The van der Waals surface area contributed by atoms with Crippen LogP contribution in [-0.2, 0) is 11.8 Å². The summed E-state index contributed by atoms with van der Waals surface area (Å²) >= 11 is 1.50. The van der Waals surface area contributed by atoms with Crippen molar-refractivity contribution in [1.29, 1.82) is 5.26 Å². The van der Waals surface area contributed by atoms with Crippen LogP contribution in [0.4, 0.5) is 10.8 Å². The Labute approximate surface area is 238 Å². The molecular formula is C29H36N8O2S. The van der Waals surface area contributed by atoms with Gasteiger partial charge in [-0.15, -0.1) is 11.3 Å². The lowest BCUT2D eigenvalue weighted by Crippen LogP contribution is -2.43. The lowest BCUT2D eigenvalue weighted by atomic mass is 9.72. The van der Waals surface area contributed by atoms with Crippen LogP contribution < -0.4 is 15.4 Å². The first-order valence-electron chi connectivity index (χ1n) is 14.7. The minimum absolute atomic E-state index is 0.109. The van der Waals surface area contributed by atoms with Gasteiger partial charge in [0.15, 0.2) is 0 Å². The molecule has 0 radical (unpaired) electrons. The average Bonchev–Trinajstić information content (AvgIpc) is 3.75. The summed E-state index contributed by atoms with van der Waals surface area (Å²) in [6.07, 6.45) is 11.0. The lowest BCUT2D eigenvalue weighted by molar-refractivity contribution is 0.107. The molecule has 3 fully saturated rings. The molecule has 0 spiro atoms. The zero-order valence-electron chi connectivity index (χ0n) is 23.1. The van der Waals surface area contributed by atoms with Gasteiger partial charge in [-0.05, 0) is 84.2 Å². The molecule has 10 nitrogen and oxygen atoms in total. The Kier molecular flexibility index (Phi) is 6.43. The van der Waals surface area contributed by atoms with Crippen LogP contribution in [0.15, 0.2) is 10.6 Å². The Morgan fingerprint density at radius 1 is 1.05 bits per heavy atom. The molecule has 6 heterocycles. The number of nitriles is 1. The monoisotopic (exact) mass is 560 g/mol. The third kappa shape index (κ3) is 4.23. The Morgan fingerprint density at radius 3 is 2.62 bits per heavy atom. The number of aromatic nitrogens is 4. The zero-order chi connectivity index (χ0) is 27.3. The minimum atomic E-state index is -0.576. The van der Waals surface area contributed by atoms with Gasteiger partial charge in [0.25, 0.3) is 0 Å². The van der Waals surface area contributed by atoms with Crippen molar-refractivity contribution < 1.29 is 9.26 Å². The van der Waals surface area contributed by atoms with E-state index in [0.29, 0.717) is 40.6 Å². The second-order valence-electron chi connectivity index (χ2n) is 12.0. The van der Waals surface area contributed by atoms with Gasteiger partial charge < -0.3 is 19.9 Å². The van der Waals surface area contributed by atoms with Crippen molar-refractivity contribution in [3.63, 3.8) is 0 Å². The first kappa shape index (κ1) is 25.7. The van der Waals surface area contributed by atoms with Crippen LogP contribution in [0.2, 0.25) is 0 Å². The minimum Gasteiger partial charge on any atom is -0.461 e. The van der Waals surface area contributed by atoms with E-state index >= 15 is 0 Å². The van der Waals surface area contributed by atoms with E-state index in [0.717, 1.165) is 87.4 Å². The summed E-state index contributed by atoms with van der Waals surface area (Å²) in [5.74, 6) is 1.75. The highest BCUT2D eigenvalue weighted by molar-refractivity contribution is 7.16. The third-order valence-electron chi connectivity index (χ3n) is 9.53. The van der Waals surface area contributed by atoms with E-state index in [2.05, 4.69) is 27.9 Å². The summed E-state index contributed by atoms with van der Waals surface area (Å²) in [6.45, 7) is 6.91. The summed E-state index contributed by atoms with van der Waals surface area (Å²) in [5, 5.41) is 14.8. The number of nitrogen functional groups attached to an aromatic ring is 1. The lowest BCUT2D eigenvalue weighted by Gasteiger charge is -2.31. The molecule has 40 heavy (non-hydrogen) atoms. The molecule has 11 heteroatoms. The molecule has 0 saturated carbocycles. The van der Waals surface area contributed by atoms with Gasteiger partial charge in [-0.2, -0.15) is 20.2 Å². The van der Waals surface area contributed by atoms with Gasteiger partial charge in [0.1, 0.15) is 29.2 Å². The van der Waals surface area contributed by atoms with Crippen LogP contribution in [0.5, 0.6) is 6.01 Å². The van der Waals surface area contributed by atoms with E-state index in [-0.39, 0.29) is 5.54 Å². The number of hydrogen-bond donors (Lipinski definition) is 1. The first-order valence-corrected chi connectivity index (χ1v) is 15.5.